The number of hydrogen-bond donors (Lipinski definition) is 0. The van der Waals surface area contributed by atoms with E-state index in [0.29, 0.717) is 10.0 Å². The van der Waals surface area contributed by atoms with Gasteiger partial charge < -0.3 is 4.74 Å². The van der Waals surface area contributed by atoms with E-state index in [9.17, 15) is 22.8 Å². The number of carbonyl (C=O) groups is 2. The fourth-order valence-electron chi connectivity index (χ4n) is 2.59. The molecule has 23 heavy (non-hydrogen) atoms. The number of rotatable bonds is 1. The van der Waals surface area contributed by atoms with E-state index in [1.54, 1.807) is 12.1 Å². The maximum absolute atomic E-state index is 13.7. The van der Waals surface area contributed by atoms with Gasteiger partial charge in [-0.1, -0.05) is 22.0 Å². The van der Waals surface area contributed by atoms with Crippen LogP contribution in [0.3, 0.4) is 0 Å². The lowest BCUT2D eigenvalue weighted by molar-refractivity contribution is -0.226. The highest BCUT2D eigenvalue weighted by Crippen LogP contribution is 2.49. The van der Waals surface area contributed by atoms with Gasteiger partial charge in [-0.3, -0.25) is 9.59 Å². The van der Waals surface area contributed by atoms with Crippen LogP contribution >= 0.6 is 15.9 Å². The molecular weight excluding hydrogens is 377 g/mol. The Morgan fingerprint density at radius 3 is 2.39 bits per heavy atom. The number of alkyl halides is 3. The van der Waals surface area contributed by atoms with Crippen LogP contribution in [0, 0.1) is 5.41 Å². The third kappa shape index (κ3) is 3.16. The summed E-state index contributed by atoms with van der Waals surface area (Å²) in [6, 6.07) is 4.56. The lowest BCUT2D eigenvalue weighted by Gasteiger charge is -2.37. The van der Waals surface area contributed by atoms with Crippen molar-refractivity contribution in [3.8, 4) is 0 Å². The molecule has 0 radical (unpaired) electrons. The quantitative estimate of drug-likeness (QED) is 0.523. The zero-order valence-electron chi connectivity index (χ0n) is 12.9. The highest BCUT2D eigenvalue weighted by atomic mass is 79.9. The summed E-state index contributed by atoms with van der Waals surface area (Å²) in [5.74, 6) is -2.78. The number of ether oxygens (including phenoxy) is 1. The summed E-state index contributed by atoms with van der Waals surface area (Å²) in [5.41, 5.74) is -3.85. The van der Waals surface area contributed by atoms with Crippen molar-refractivity contribution in [2.24, 2.45) is 5.41 Å². The van der Waals surface area contributed by atoms with Crippen molar-refractivity contribution in [1.82, 2.24) is 0 Å². The second-order valence-electron chi connectivity index (χ2n) is 6.54. The summed E-state index contributed by atoms with van der Waals surface area (Å²) in [6.45, 7) is 4.40. The van der Waals surface area contributed by atoms with Gasteiger partial charge in [0.25, 0.3) is 0 Å². The predicted octanol–water partition coefficient (Wildman–Crippen LogP) is 4.47. The Bertz CT molecular complexity index is 662. The van der Waals surface area contributed by atoms with Gasteiger partial charge in [0, 0.05) is 10.0 Å². The minimum absolute atomic E-state index is 0.0207. The van der Waals surface area contributed by atoms with Gasteiger partial charge in [-0.2, -0.15) is 13.2 Å². The maximum Gasteiger partial charge on any atom is 0.412 e. The number of fused-ring (bicyclic) bond motifs is 1. The molecule has 0 fully saturated rings. The topological polar surface area (TPSA) is 43.4 Å². The molecule has 0 amide bonds. The molecular formula is C16H16BrF3O3. The zero-order valence-corrected chi connectivity index (χ0v) is 14.5. The van der Waals surface area contributed by atoms with Crippen LogP contribution in [0.15, 0.2) is 22.7 Å². The Morgan fingerprint density at radius 1 is 1.26 bits per heavy atom. The molecule has 0 N–H and O–H groups in total. The van der Waals surface area contributed by atoms with Gasteiger partial charge in [0.2, 0.25) is 5.41 Å². The average molecular weight is 393 g/mol. The van der Waals surface area contributed by atoms with E-state index in [1.165, 1.54) is 26.8 Å². The Hall–Kier alpha value is -1.37. The molecule has 1 aliphatic carbocycles. The first-order chi connectivity index (χ1) is 10.4. The van der Waals surface area contributed by atoms with Crippen molar-refractivity contribution in [2.45, 2.75) is 45.4 Å². The Labute approximate surface area is 140 Å². The smallest absolute Gasteiger partial charge is 0.412 e. The lowest BCUT2D eigenvalue weighted by Crippen LogP contribution is -2.55. The van der Waals surface area contributed by atoms with E-state index < -0.39 is 35.4 Å². The summed E-state index contributed by atoms with van der Waals surface area (Å²) < 4.78 is 46.6. The molecule has 7 heteroatoms. The lowest BCUT2D eigenvalue weighted by atomic mass is 9.69. The molecule has 126 valence electrons. The standard InChI is InChI=1S/C16H16BrF3O3/c1-14(2,3)23-13(22)15(16(18,19)20)7-6-9-4-5-10(17)8-11(9)12(15)21/h4-5,8H,6-7H2,1-3H3/t15-/m1/s1. The van der Waals surface area contributed by atoms with Crippen LogP contribution in [-0.4, -0.2) is 23.5 Å². The summed E-state index contributed by atoms with van der Waals surface area (Å²) >= 11 is 3.14. The van der Waals surface area contributed by atoms with Crippen molar-refractivity contribution in [3.63, 3.8) is 0 Å². The highest BCUT2D eigenvalue weighted by molar-refractivity contribution is 9.10. The molecule has 2 rings (SSSR count). The average Bonchev–Trinajstić information content (AvgIpc) is 2.36. The number of hydrogen-bond acceptors (Lipinski definition) is 3. The molecule has 1 aliphatic rings. The van der Waals surface area contributed by atoms with Gasteiger partial charge in [0.1, 0.15) is 5.60 Å². The Morgan fingerprint density at radius 2 is 1.87 bits per heavy atom. The maximum atomic E-state index is 13.7. The third-order valence-corrected chi connectivity index (χ3v) is 4.20. The summed E-state index contributed by atoms with van der Waals surface area (Å²) in [5, 5.41) is 0. The van der Waals surface area contributed by atoms with Crippen molar-refractivity contribution < 1.29 is 27.5 Å². The number of halogens is 4. The van der Waals surface area contributed by atoms with Crippen molar-refractivity contribution >= 4 is 27.7 Å². The fraction of sp³-hybridized carbons (Fsp3) is 0.500. The predicted molar refractivity (Wildman–Crippen MR) is 81.1 cm³/mol. The van der Waals surface area contributed by atoms with Gasteiger partial charge >= 0.3 is 12.1 Å². The zero-order chi connectivity index (χ0) is 17.6. The molecule has 0 heterocycles. The van der Waals surface area contributed by atoms with Gasteiger partial charge in [-0.05, 0) is 51.3 Å². The van der Waals surface area contributed by atoms with E-state index in [1.807, 2.05) is 0 Å². The largest absolute Gasteiger partial charge is 0.459 e. The molecule has 0 aromatic heterocycles. The first-order valence-corrected chi connectivity index (χ1v) is 7.81. The first-order valence-electron chi connectivity index (χ1n) is 7.02. The second kappa shape index (κ2) is 5.61. The van der Waals surface area contributed by atoms with E-state index in [0.717, 1.165) is 0 Å². The highest BCUT2D eigenvalue weighted by Gasteiger charge is 2.68. The van der Waals surface area contributed by atoms with Crippen molar-refractivity contribution in [1.29, 1.82) is 0 Å². The summed E-state index contributed by atoms with van der Waals surface area (Å²) in [7, 11) is 0. The SMILES string of the molecule is CC(C)(C)OC(=O)[C@@]1(C(F)(F)F)CCc2ccc(Br)cc2C1=O. The van der Waals surface area contributed by atoms with Crippen LogP contribution in [-0.2, 0) is 16.0 Å². The number of benzene rings is 1. The number of aryl methyl sites for hydroxylation is 1. The molecule has 1 aromatic carbocycles. The third-order valence-electron chi connectivity index (χ3n) is 3.70. The molecule has 0 bridgehead atoms. The summed E-state index contributed by atoms with van der Waals surface area (Å²) in [4.78, 5) is 24.9. The number of ketones is 1. The van der Waals surface area contributed by atoms with E-state index in [4.69, 9.17) is 4.74 Å². The molecule has 0 unspecified atom stereocenters. The van der Waals surface area contributed by atoms with E-state index in [-0.39, 0.29) is 12.0 Å². The van der Waals surface area contributed by atoms with Gasteiger partial charge in [-0.15, -0.1) is 0 Å². The van der Waals surface area contributed by atoms with E-state index >= 15 is 0 Å². The number of esters is 1. The van der Waals surface area contributed by atoms with Crippen LogP contribution in [0.5, 0.6) is 0 Å². The number of Topliss-reactive ketones (excluding diaryl/α,β-unsaturated/α-hetero) is 1. The molecule has 3 nitrogen and oxygen atoms in total. The van der Waals surface area contributed by atoms with Crippen LogP contribution in [0.4, 0.5) is 13.2 Å². The van der Waals surface area contributed by atoms with Crippen LogP contribution < -0.4 is 0 Å². The fourth-order valence-corrected chi connectivity index (χ4v) is 2.95. The van der Waals surface area contributed by atoms with Gasteiger partial charge in [0.15, 0.2) is 5.78 Å². The second-order valence-corrected chi connectivity index (χ2v) is 7.45. The van der Waals surface area contributed by atoms with Crippen LogP contribution in [0.2, 0.25) is 0 Å². The van der Waals surface area contributed by atoms with Gasteiger partial charge in [0.05, 0.1) is 0 Å². The van der Waals surface area contributed by atoms with E-state index in [2.05, 4.69) is 15.9 Å². The Balaban J connectivity index is 2.58. The van der Waals surface area contributed by atoms with Crippen LogP contribution in [0.1, 0.15) is 43.1 Å². The normalized spacial score (nSPS) is 21.8. The van der Waals surface area contributed by atoms with Crippen molar-refractivity contribution in [3.05, 3.63) is 33.8 Å². The summed E-state index contributed by atoms with van der Waals surface area (Å²) in [6.07, 6.45) is -5.68. The van der Waals surface area contributed by atoms with Gasteiger partial charge in [-0.25, -0.2) is 0 Å². The van der Waals surface area contributed by atoms with Crippen molar-refractivity contribution in [2.75, 3.05) is 0 Å². The minimum Gasteiger partial charge on any atom is -0.459 e. The monoisotopic (exact) mass is 392 g/mol. The molecule has 0 spiro atoms. The molecule has 0 saturated heterocycles. The molecule has 1 aromatic rings. The molecule has 1 atom stereocenters. The Kier molecular flexibility index (Phi) is 4.39. The molecule has 0 saturated carbocycles. The molecule has 0 aliphatic heterocycles. The number of carbonyl (C=O) groups excluding carboxylic acids is 2. The minimum atomic E-state index is -5.02. The van der Waals surface area contributed by atoms with Crippen LogP contribution in [0.25, 0.3) is 0 Å². The first kappa shape index (κ1) is 18.0.